The highest BCUT2D eigenvalue weighted by Crippen LogP contribution is 2.21. The molecule has 2 aromatic rings. The normalized spacial score (nSPS) is 12.0. The van der Waals surface area contributed by atoms with Gasteiger partial charge in [-0.1, -0.05) is 38.1 Å². The molecule has 0 aliphatic heterocycles. The number of anilines is 1. The van der Waals surface area contributed by atoms with E-state index in [0.29, 0.717) is 30.4 Å². The molecule has 0 saturated heterocycles. The summed E-state index contributed by atoms with van der Waals surface area (Å²) >= 11 is 0. The van der Waals surface area contributed by atoms with Gasteiger partial charge in [0, 0.05) is 12.2 Å². The second-order valence-electron chi connectivity index (χ2n) is 7.69. The number of hydrogen-bond acceptors (Lipinski definition) is 4. The van der Waals surface area contributed by atoms with E-state index in [9.17, 15) is 9.59 Å². The van der Waals surface area contributed by atoms with Crippen LogP contribution in [0.3, 0.4) is 0 Å². The average Bonchev–Trinajstić information content (AvgIpc) is 2.65. The summed E-state index contributed by atoms with van der Waals surface area (Å²) < 4.78 is 5.79. The predicted molar refractivity (Wildman–Crippen MR) is 116 cm³/mol. The first-order valence-corrected chi connectivity index (χ1v) is 9.82. The van der Waals surface area contributed by atoms with Gasteiger partial charge in [0.25, 0.3) is 5.91 Å². The average molecular weight is 398 g/mol. The maximum absolute atomic E-state index is 12.4. The molecule has 2 amide bonds. The van der Waals surface area contributed by atoms with E-state index in [2.05, 4.69) is 24.5 Å². The Hall–Kier alpha value is -2.86. The molecule has 0 saturated carbocycles. The molecule has 0 heterocycles. The monoisotopic (exact) mass is 397 g/mol. The summed E-state index contributed by atoms with van der Waals surface area (Å²) in [7, 11) is 3.68. The minimum absolute atomic E-state index is 0.0816. The Balaban J connectivity index is 1.89. The third kappa shape index (κ3) is 7.58. The first-order valence-electron chi connectivity index (χ1n) is 9.82. The molecule has 156 valence electrons. The number of carbonyl (C=O) groups is 2. The summed E-state index contributed by atoms with van der Waals surface area (Å²) in [5, 5.41) is 5.74. The van der Waals surface area contributed by atoms with Gasteiger partial charge >= 0.3 is 0 Å². The number of carbonyl (C=O) groups excluding carboxylic acids is 2. The summed E-state index contributed by atoms with van der Waals surface area (Å²) in [6.45, 7) is 6.64. The van der Waals surface area contributed by atoms with Crippen molar-refractivity contribution in [3.63, 3.8) is 0 Å². The fourth-order valence-electron chi connectivity index (χ4n) is 2.78. The Bertz CT molecular complexity index is 834. The van der Waals surface area contributed by atoms with Crippen LogP contribution in [0, 0.1) is 0 Å². The number of amides is 2. The van der Waals surface area contributed by atoms with Gasteiger partial charge in [-0.25, -0.2) is 0 Å². The standard InChI is InChI=1S/C23H31N3O3/c1-16(2)19-9-7-11-21(13-19)29-17(3)23(28)24-14-18-8-6-10-20(12-18)25-22(27)15-26(4)5/h6-13,16-17H,14-15H2,1-5H3,(H,24,28)(H,25,27). The van der Waals surface area contributed by atoms with Crippen molar-refractivity contribution in [2.75, 3.05) is 26.0 Å². The van der Waals surface area contributed by atoms with Gasteiger partial charge < -0.3 is 20.3 Å². The minimum atomic E-state index is -0.611. The van der Waals surface area contributed by atoms with Gasteiger partial charge in [0.05, 0.1) is 6.54 Å². The van der Waals surface area contributed by atoms with E-state index in [1.807, 2.05) is 62.6 Å². The van der Waals surface area contributed by atoms with Gasteiger partial charge in [0.1, 0.15) is 5.75 Å². The summed E-state index contributed by atoms with van der Waals surface area (Å²) in [5.74, 6) is 0.807. The number of ether oxygens (including phenoxy) is 1. The molecule has 0 aromatic heterocycles. The first-order chi connectivity index (χ1) is 13.7. The van der Waals surface area contributed by atoms with Gasteiger partial charge in [-0.3, -0.25) is 9.59 Å². The zero-order valence-electron chi connectivity index (χ0n) is 17.9. The summed E-state index contributed by atoms with van der Waals surface area (Å²) in [5.41, 5.74) is 2.77. The number of benzene rings is 2. The lowest BCUT2D eigenvalue weighted by Crippen LogP contribution is -2.35. The van der Waals surface area contributed by atoms with Crippen molar-refractivity contribution in [3.8, 4) is 5.75 Å². The Morgan fingerprint density at radius 1 is 1.03 bits per heavy atom. The highest BCUT2D eigenvalue weighted by Gasteiger charge is 2.15. The molecule has 1 atom stereocenters. The zero-order valence-corrected chi connectivity index (χ0v) is 17.9. The van der Waals surface area contributed by atoms with Gasteiger partial charge in [-0.15, -0.1) is 0 Å². The van der Waals surface area contributed by atoms with Gasteiger partial charge in [-0.2, -0.15) is 0 Å². The van der Waals surface area contributed by atoms with Crippen molar-refractivity contribution < 1.29 is 14.3 Å². The van der Waals surface area contributed by atoms with Crippen LogP contribution in [-0.4, -0.2) is 43.5 Å². The van der Waals surface area contributed by atoms with Gasteiger partial charge in [0.15, 0.2) is 6.10 Å². The minimum Gasteiger partial charge on any atom is -0.481 e. The molecule has 2 N–H and O–H groups in total. The zero-order chi connectivity index (χ0) is 21.4. The highest BCUT2D eigenvalue weighted by atomic mass is 16.5. The fourth-order valence-corrected chi connectivity index (χ4v) is 2.78. The number of nitrogens with one attached hydrogen (secondary N) is 2. The SMILES string of the molecule is CC(Oc1cccc(C(C)C)c1)C(=O)NCc1cccc(NC(=O)CN(C)C)c1. The second kappa shape index (κ2) is 10.6. The fraction of sp³-hybridized carbons (Fsp3) is 0.391. The Morgan fingerprint density at radius 2 is 1.76 bits per heavy atom. The van der Waals surface area contributed by atoms with Crippen LogP contribution in [0.25, 0.3) is 0 Å². The van der Waals surface area contributed by atoms with E-state index in [1.54, 1.807) is 11.8 Å². The lowest BCUT2D eigenvalue weighted by Gasteiger charge is -2.16. The quantitative estimate of drug-likeness (QED) is 0.680. The van der Waals surface area contributed by atoms with E-state index in [4.69, 9.17) is 4.74 Å². The molecule has 2 rings (SSSR count). The Labute approximate surface area is 173 Å². The van der Waals surface area contributed by atoms with Crippen LogP contribution in [0.5, 0.6) is 5.75 Å². The lowest BCUT2D eigenvalue weighted by molar-refractivity contribution is -0.127. The molecule has 0 fully saturated rings. The van der Waals surface area contributed by atoms with Crippen LogP contribution in [0.1, 0.15) is 37.8 Å². The summed E-state index contributed by atoms with van der Waals surface area (Å²) in [4.78, 5) is 26.1. The molecule has 6 nitrogen and oxygen atoms in total. The number of hydrogen-bond donors (Lipinski definition) is 2. The van der Waals surface area contributed by atoms with Crippen LogP contribution in [-0.2, 0) is 16.1 Å². The molecule has 6 heteroatoms. The van der Waals surface area contributed by atoms with Crippen LogP contribution in [0.15, 0.2) is 48.5 Å². The molecule has 0 aliphatic rings. The van der Waals surface area contributed by atoms with Gasteiger partial charge in [0.2, 0.25) is 5.91 Å². The predicted octanol–water partition coefficient (Wildman–Crippen LogP) is 3.39. The third-order valence-electron chi connectivity index (χ3n) is 4.34. The van der Waals surface area contributed by atoms with Crippen LogP contribution < -0.4 is 15.4 Å². The Kier molecular flexibility index (Phi) is 8.21. The molecular formula is C23H31N3O3. The molecule has 0 radical (unpaired) electrons. The molecule has 2 aromatic carbocycles. The number of likely N-dealkylation sites (N-methyl/N-ethyl adjacent to an activating group) is 1. The molecule has 29 heavy (non-hydrogen) atoms. The van der Waals surface area contributed by atoms with Crippen LogP contribution >= 0.6 is 0 Å². The largest absolute Gasteiger partial charge is 0.481 e. The van der Waals surface area contributed by atoms with Crippen molar-refractivity contribution in [2.45, 2.75) is 39.3 Å². The van der Waals surface area contributed by atoms with Gasteiger partial charge in [-0.05, 0) is 62.3 Å². The van der Waals surface area contributed by atoms with Crippen molar-refractivity contribution in [1.82, 2.24) is 10.2 Å². The molecule has 0 aliphatic carbocycles. The second-order valence-corrected chi connectivity index (χ2v) is 7.69. The smallest absolute Gasteiger partial charge is 0.261 e. The van der Waals surface area contributed by atoms with E-state index in [1.165, 1.54) is 5.56 Å². The third-order valence-corrected chi connectivity index (χ3v) is 4.34. The molecule has 0 bridgehead atoms. The number of rotatable bonds is 9. The van der Waals surface area contributed by atoms with Crippen molar-refractivity contribution in [1.29, 1.82) is 0 Å². The van der Waals surface area contributed by atoms with Crippen LogP contribution in [0.2, 0.25) is 0 Å². The highest BCUT2D eigenvalue weighted by molar-refractivity contribution is 5.92. The topological polar surface area (TPSA) is 70.7 Å². The first kappa shape index (κ1) is 22.4. The van der Waals surface area contributed by atoms with E-state index in [0.717, 1.165) is 5.56 Å². The van der Waals surface area contributed by atoms with E-state index in [-0.39, 0.29) is 11.8 Å². The maximum atomic E-state index is 12.4. The summed E-state index contributed by atoms with van der Waals surface area (Å²) in [6, 6.07) is 15.2. The van der Waals surface area contributed by atoms with Crippen molar-refractivity contribution in [3.05, 3.63) is 59.7 Å². The van der Waals surface area contributed by atoms with E-state index >= 15 is 0 Å². The Morgan fingerprint density at radius 3 is 2.45 bits per heavy atom. The van der Waals surface area contributed by atoms with E-state index < -0.39 is 6.10 Å². The van der Waals surface area contributed by atoms with Crippen LogP contribution in [0.4, 0.5) is 5.69 Å². The molecule has 1 unspecified atom stereocenters. The van der Waals surface area contributed by atoms with Crippen molar-refractivity contribution in [2.24, 2.45) is 0 Å². The maximum Gasteiger partial charge on any atom is 0.261 e. The molecular weight excluding hydrogens is 366 g/mol. The summed E-state index contributed by atoms with van der Waals surface area (Å²) in [6.07, 6.45) is -0.611. The number of nitrogens with zero attached hydrogens (tertiary/aromatic N) is 1. The van der Waals surface area contributed by atoms with Crippen molar-refractivity contribution >= 4 is 17.5 Å². The molecule has 0 spiro atoms. The lowest BCUT2D eigenvalue weighted by atomic mass is 10.0.